The maximum absolute atomic E-state index is 11.2. The van der Waals surface area contributed by atoms with Crippen molar-refractivity contribution in [2.75, 3.05) is 7.05 Å². The van der Waals surface area contributed by atoms with E-state index in [4.69, 9.17) is 5.73 Å². The Kier molecular flexibility index (Phi) is 2.41. The van der Waals surface area contributed by atoms with Crippen molar-refractivity contribution in [3.8, 4) is 0 Å². The number of hydrogen-bond donors (Lipinski definition) is 1. The molecule has 0 atom stereocenters. The van der Waals surface area contributed by atoms with Gasteiger partial charge in [-0.1, -0.05) is 0 Å². The molecule has 0 spiro atoms. The molecule has 1 rings (SSSR count). The first-order valence-electron chi connectivity index (χ1n) is 3.69. The van der Waals surface area contributed by atoms with Crippen LogP contribution in [0.5, 0.6) is 0 Å². The molecule has 0 aliphatic heterocycles. The predicted molar refractivity (Wildman–Crippen MR) is 44.5 cm³/mol. The van der Waals surface area contributed by atoms with Crippen molar-refractivity contribution in [2.45, 2.75) is 19.3 Å². The number of hydrogen-bond acceptors (Lipinski definition) is 3. The van der Waals surface area contributed by atoms with Crippen molar-refractivity contribution in [3.05, 3.63) is 11.3 Å². The summed E-state index contributed by atoms with van der Waals surface area (Å²) in [5.41, 5.74) is 6.92. The summed E-state index contributed by atoms with van der Waals surface area (Å²) in [6.45, 7) is 0. The number of ketones is 1. The highest BCUT2D eigenvalue weighted by Crippen LogP contribution is 2.16. The van der Waals surface area contributed by atoms with Gasteiger partial charge in [0.1, 0.15) is 0 Å². The van der Waals surface area contributed by atoms with Gasteiger partial charge in [0.05, 0.1) is 5.57 Å². The number of nitrogens with two attached hydrogens (primary N) is 1. The first-order chi connectivity index (χ1) is 5.25. The Balaban J connectivity index is 2.91. The molecular weight excluding hydrogens is 140 g/mol. The van der Waals surface area contributed by atoms with Gasteiger partial charge in [0, 0.05) is 25.4 Å². The van der Waals surface area contributed by atoms with Crippen LogP contribution in [-0.2, 0) is 4.79 Å². The average Bonchev–Trinajstić information content (AvgIpc) is 1.97. The molecule has 0 amide bonds. The van der Waals surface area contributed by atoms with Crippen LogP contribution in [0.4, 0.5) is 0 Å². The molecule has 0 saturated carbocycles. The van der Waals surface area contributed by atoms with Crippen molar-refractivity contribution < 1.29 is 4.79 Å². The van der Waals surface area contributed by atoms with E-state index in [1.807, 2.05) is 0 Å². The molecule has 0 saturated heterocycles. The van der Waals surface area contributed by atoms with Gasteiger partial charge in [-0.2, -0.15) is 0 Å². The lowest BCUT2D eigenvalue weighted by molar-refractivity contribution is -0.115. The highest BCUT2D eigenvalue weighted by molar-refractivity contribution is 6.14. The minimum atomic E-state index is 0.124. The lowest BCUT2D eigenvalue weighted by Gasteiger charge is -2.11. The van der Waals surface area contributed by atoms with E-state index in [0.29, 0.717) is 17.7 Å². The smallest absolute Gasteiger partial charge is 0.166 e. The van der Waals surface area contributed by atoms with Crippen molar-refractivity contribution in [1.82, 2.24) is 0 Å². The lowest BCUT2D eigenvalue weighted by atomic mass is 9.96. The number of carbonyl (C=O) groups excluding carboxylic acids is 1. The summed E-state index contributed by atoms with van der Waals surface area (Å²) in [6.07, 6.45) is 3.87. The van der Waals surface area contributed by atoms with Gasteiger partial charge in [0.25, 0.3) is 0 Å². The van der Waals surface area contributed by atoms with Crippen LogP contribution in [-0.4, -0.2) is 19.0 Å². The molecule has 1 aliphatic carbocycles. The molecule has 0 fully saturated rings. The van der Waals surface area contributed by atoms with E-state index in [1.165, 1.54) is 0 Å². The maximum atomic E-state index is 11.2. The topological polar surface area (TPSA) is 55.4 Å². The highest BCUT2D eigenvalue weighted by Gasteiger charge is 2.16. The van der Waals surface area contributed by atoms with Crippen molar-refractivity contribution in [2.24, 2.45) is 10.7 Å². The van der Waals surface area contributed by atoms with Crippen LogP contribution in [0.3, 0.4) is 0 Å². The van der Waals surface area contributed by atoms with Crippen molar-refractivity contribution in [3.63, 3.8) is 0 Å². The third-order valence-electron chi connectivity index (χ3n) is 1.75. The van der Waals surface area contributed by atoms with Gasteiger partial charge in [0.15, 0.2) is 5.78 Å². The minimum absolute atomic E-state index is 0.124. The van der Waals surface area contributed by atoms with E-state index in [9.17, 15) is 4.79 Å². The van der Waals surface area contributed by atoms with E-state index in [1.54, 1.807) is 13.3 Å². The number of nitrogens with zero attached hydrogens (tertiary/aromatic N) is 1. The second-order valence-electron chi connectivity index (χ2n) is 2.60. The second kappa shape index (κ2) is 3.32. The van der Waals surface area contributed by atoms with Crippen LogP contribution in [0.1, 0.15) is 19.3 Å². The Bertz CT molecular complexity index is 228. The van der Waals surface area contributed by atoms with Gasteiger partial charge >= 0.3 is 0 Å². The zero-order valence-corrected chi connectivity index (χ0v) is 6.63. The fraction of sp³-hybridized carbons (Fsp3) is 0.500. The van der Waals surface area contributed by atoms with Crippen LogP contribution in [0.2, 0.25) is 0 Å². The Morgan fingerprint density at radius 2 is 2.27 bits per heavy atom. The number of carbonyl (C=O) groups is 1. The molecular formula is C8H12N2O. The second-order valence-corrected chi connectivity index (χ2v) is 2.60. The van der Waals surface area contributed by atoms with Gasteiger partial charge in [-0.15, -0.1) is 0 Å². The lowest BCUT2D eigenvalue weighted by Crippen LogP contribution is -2.17. The Labute approximate surface area is 66.0 Å². The molecule has 0 bridgehead atoms. The number of allylic oxidation sites excluding steroid dienone is 2. The van der Waals surface area contributed by atoms with Gasteiger partial charge in [0.2, 0.25) is 0 Å². The third-order valence-corrected chi connectivity index (χ3v) is 1.75. The highest BCUT2D eigenvalue weighted by atomic mass is 16.1. The van der Waals surface area contributed by atoms with Gasteiger partial charge < -0.3 is 5.73 Å². The number of Topliss-reactive ketones (excluding diaryl/α,β-unsaturated/α-hetero) is 1. The van der Waals surface area contributed by atoms with Crippen molar-refractivity contribution >= 4 is 12.0 Å². The van der Waals surface area contributed by atoms with Crippen LogP contribution in [0.15, 0.2) is 16.3 Å². The molecule has 1 aliphatic rings. The largest absolute Gasteiger partial charge is 0.401 e. The van der Waals surface area contributed by atoms with Crippen molar-refractivity contribution in [1.29, 1.82) is 0 Å². The quantitative estimate of drug-likeness (QED) is 0.561. The molecule has 0 aromatic heterocycles. The molecule has 0 heterocycles. The van der Waals surface area contributed by atoms with Gasteiger partial charge in [-0.3, -0.25) is 9.79 Å². The zero-order chi connectivity index (χ0) is 8.27. The SMILES string of the molecule is CN=CC1=C(N)CCCC1=O. The molecule has 60 valence electrons. The van der Waals surface area contributed by atoms with Crippen LogP contribution in [0, 0.1) is 0 Å². The summed E-state index contributed by atoms with van der Waals surface area (Å²) in [7, 11) is 1.64. The summed E-state index contributed by atoms with van der Waals surface area (Å²) in [4.78, 5) is 14.9. The van der Waals surface area contributed by atoms with E-state index in [2.05, 4.69) is 4.99 Å². The summed E-state index contributed by atoms with van der Waals surface area (Å²) in [5.74, 6) is 0.124. The fourth-order valence-electron chi connectivity index (χ4n) is 1.17. The minimum Gasteiger partial charge on any atom is -0.401 e. The molecule has 2 N–H and O–H groups in total. The molecule has 3 nitrogen and oxygen atoms in total. The predicted octanol–water partition coefficient (Wildman–Crippen LogP) is 0.653. The summed E-state index contributed by atoms with van der Waals surface area (Å²) >= 11 is 0. The van der Waals surface area contributed by atoms with E-state index < -0.39 is 0 Å². The van der Waals surface area contributed by atoms with Gasteiger partial charge in [-0.05, 0) is 12.8 Å². The Hall–Kier alpha value is -1.12. The summed E-state index contributed by atoms with van der Waals surface area (Å²) < 4.78 is 0. The molecule has 0 radical (unpaired) electrons. The number of aliphatic imine (C=N–C) groups is 1. The van der Waals surface area contributed by atoms with E-state index in [-0.39, 0.29) is 5.78 Å². The van der Waals surface area contributed by atoms with Gasteiger partial charge in [-0.25, -0.2) is 0 Å². The molecule has 11 heavy (non-hydrogen) atoms. The first kappa shape index (κ1) is 7.98. The molecule has 0 unspecified atom stereocenters. The zero-order valence-electron chi connectivity index (χ0n) is 6.63. The summed E-state index contributed by atoms with van der Waals surface area (Å²) in [5, 5.41) is 0. The Morgan fingerprint density at radius 3 is 2.82 bits per heavy atom. The average molecular weight is 152 g/mol. The monoisotopic (exact) mass is 152 g/mol. The maximum Gasteiger partial charge on any atom is 0.166 e. The van der Waals surface area contributed by atoms with E-state index in [0.717, 1.165) is 12.8 Å². The summed E-state index contributed by atoms with van der Waals surface area (Å²) in [6, 6.07) is 0. The Morgan fingerprint density at radius 1 is 1.55 bits per heavy atom. The normalized spacial score (nSPS) is 19.9. The van der Waals surface area contributed by atoms with E-state index >= 15 is 0 Å². The first-order valence-corrected chi connectivity index (χ1v) is 3.69. The third kappa shape index (κ3) is 1.67. The standard InChI is InChI=1S/C8H12N2O/c1-10-5-6-7(9)3-2-4-8(6)11/h5H,2-4,9H2,1H3. The fourth-order valence-corrected chi connectivity index (χ4v) is 1.17. The van der Waals surface area contributed by atoms with Crippen LogP contribution in [0.25, 0.3) is 0 Å². The molecule has 0 aromatic rings. The molecule has 3 heteroatoms. The molecule has 0 aromatic carbocycles. The van der Waals surface area contributed by atoms with Crippen LogP contribution >= 0.6 is 0 Å². The number of rotatable bonds is 1. The van der Waals surface area contributed by atoms with Crippen LogP contribution < -0.4 is 5.73 Å².